The van der Waals surface area contributed by atoms with Crippen molar-refractivity contribution in [2.24, 2.45) is 16.6 Å². The van der Waals surface area contributed by atoms with Crippen molar-refractivity contribution >= 4 is 23.5 Å². The second-order valence-electron chi connectivity index (χ2n) is 2.28. The molecule has 5 N–H and O–H groups in total. The fourth-order valence-corrected chi connectivity index (χ4v) is 1.49. The van der Waals surface area contributed by atoms with Gasteiger partial charge in [0.25, 0.3) is 5.96 Å². The van der Waals surface area contributed by atoms with Gasteiger partial charge in [-0.05, 0) is 23.9 Å². The third-order valence-electron chi connectivity index (χ3n) is 1.29. The first kappa shape index (κ1) is 8.73. The third kappa shape index (κ3) is 2.35. The molecule has 0 aliphatic heterocycles. The van der Waals surface area contributed by atoms with Crippen LogP contribution in [0, 0.1) is 6.92 Å². The lowest BCUT2D eigenvalue weighted by atomic mass is 10.3. The highest BCUT2D eigenvalue weighted by Crippen LogP contribution is 2.10. The van der Waals surface area contributed by atoms with E-state index in [1.54, 1.807) is 17.6 Å². The highest BCUT2D eigenvalue weighted by molar-refractivity contribution is 7.11. The van der Waals surface area contributed by atoms with Crippen LogP contribution in [0.25, 0.3) is 0 Å². The van der Waals surface area contributed by atoms with E-state index in [0.29, 0.717) is 0 Å². The smallest absolute Gasteiger partial charge is 0.256 e. The number of rotatable bonds is 2. The van der Waals surface area contributed by atoms with Gasteiger partial charge in [-0.15, -0.1) is 16.4 Å². The molecule has 0 bridgehead atoms. The first-order chi connectivity index (χ1) is 5.70. The lowest BCUT2D eigenvalue weighted by Crippen LogP contribution is -2.63. The van der Waals surface area contributed by atoms with Crippen molar-refractivity contribution in [2.75, 3.05) is 0 Å². The first-order valence-corrected chi connectivity index (χ1v) is 4.29. The molecule has 0 radical (unpaired) electrons. The zero-order chi connectivity index (χ0) is 8.97. The van der Waals surface area contributed by atoms with Crippen LogP contribution < -0.4 is 16.6 Å². The molecule has 1 aromatic rings. The Morgan fingerprint density at radius 1 is 1.67 bits per heavy atom. The summed E-state index contributed by atoms with van der Waals surface area (Å²) in [6.45, 7) is 2.03. The average Bonchev–Trinajstić information content (AvgIpc) is 2.36. The van der Waals surface area contributed by atoms with Gasteiger partial charge in [0.1, 0.15) is 0 Å². The predicted octanol–water partition coefficient (Wildman–Crippen LogP) is -1.26. The summed E-state index contributed by atoms with van der Waals surface area (Å²) in [6.07, 6.45) is 1.76. The molecule has 0 saturated carbocycles. The fourth-order valence-electron chi connectivity index (χ4n) is 0.698. The average molecular weight is 183 g/mol. The monoisotopic (exact) mass is 183 g/mol. The standard InChI is InChI=1S/C7H10N4S/c1-5-2-3-12-6(5)4-10-11-7(8)9/h2-4H,1H3,(H4,8,9,11)/p+1/b10-4-. The van der Waals surface area contributed by atoms with E-state index in [-0.39, 0.29) is 5.96 Å². The highest BCUT2D eigenvalue weighted by Gasteiger charge is 1.97. The molecule has 1 aromatic heterocycles. The number of guanidine groups is 1. The van der Waals surface area contributed by atoms with E-state index in [1.165, 1.54) is 5.56 Å². The maximum absolute atomic E-state index is 5.12. The molecule has 64 valence electrons. The maximum Gasteiger partial charge on any atom is 0.256 e. The molecular weight excluding hydrogens is 172 g/mol. The molecule has 0 aromatic carbocycles. The number of aryl methyl sites for hydroxylation is 1. The minimum Gasteiger partial charge on any atom is -0.365 e. The molecule has 1 rings (SSSR count). The molecule has 0 aliphatic carbocycles. The Morgan fingerprint density at radius 2 is 2.42 bits per heavy atom. The van der Waals surface area contributed by atoms with Gasteiger partial charge in [0.05, 0.1) is 4.88 Å². The van der Waals surface area contributed by atoms with Crippen molar-refractivity contribution < 1.29 is 5.10 Å². The van der Waals surface area contributed by atoms with Crippen LogP contribution in [0.15, 0.2) is 16.5 Å². The quantitative estimate of drug-likeness (QED) is 0.304. The number of nitrogens with zero attached hydrogens (tertiary/aromatic N) is 1. The van der Waals surface area contributed by atoms with E-state index in [0.717, 1.165) is 4.88 Å². The number of thiophene rings is 1. The van der Waals surface area contributed by atoms with E-state index in [4.69, 9.17) is 11.5 Å². The van der Waals surface area contributed by atoms with Gasteiger partial charge < -0.3 is 11.5 Å². The van der Waals surface area contributed by atoms with Crippen molar-refractivity contribution in [3.63, 3.8) is 0 Å². The summed E-state index contributed by atoms with van der Waals surface area (Å²) in [6, 6.07) is 2.04. The van der Waals surface area contributed by atoms with Gasteiger partial charge in [0.2, 0.25) is 6.21 Å². The molecule has 4 nitrogen and oxygen atoms in total. The van der Waals surface area contributed by atoms with Gasteiger partial charge in [-0.3, -0.25) is 0 Å². The van der Waals surface area contributed by atoms with Crippen molar-refractivity contribution in [3.05, 3.63) is 21.9 Å². The molecule has 0 spiro atoms. The summed E-state index contributed by atoms with van der Waals surface area (Å²) in [7, 11) is 0. The van der Waals surface area contributed by atoms with Crippen molar-refractivity contribution in [2.45, 2.75) is 6.92 Å². The van der Waals surface area contributed by atoms with Crippen molar-refractivity contribution in [1.29, 1.82) is 0 Å². The van der Waals surface area contributed by atoms with Crippen molar-refractivity contribution in [3.8, 4) is 0 Å². The molecule has 0 atom stereocenters. The molecule has 0 aliphatic rings. The Hall–Kier alpha value is -1.36. The Balaban J connectivity index is 2.70. The van der Waals surface area contributed by atoms with Crippen LogP contribution >= 0.6 is 11.3 Å². The Labute approximate surface area is 74.6 Å². The summed E-state index contributed by atoms with van der Waals surface area (Å²) in [4.78, 5) is 1.13. The molecule has 0 unspecified atom stereocenters. The van der Waals surface area contributed by atoms with Gasteiger partial charge in [-0.1, -0.05) is 0 Å². The number of nitrogens with two attached hydrogens (primary N) is 2. The van der Waals surface area contributed by atoms with Gasteiger partial charge in [-0.25, -0.2) is 0 Å². The van der Waals surface area contributed by atoms with Crippen LogP contribution in [0.3, 0.4) is 0 Å². The minimum atomic E-state index is 0.0282. The van der Waals surface area contributed by atoms with Gasteiger partial charge >= 0.3 is 0 Å². The Morgan fingerprint density at radius 3 is 2.92 bits per heavy atom. The number of nitrogens with one attached hydrogen (secondary N) is 1. The Bertz CT molecular complexity index is 309. The molecule has 0 fully saturated rings. The lowest BCUT2D eigenvalue weighted by Gasteiger charge is -1.81. The summed E-state index contributed by atoms with van der Waals surface area (Å²) in [5.74, 6) is 0.0282. The molecule has 1 heterocycles. The summed E-state index contributed by atoms with van der Waals surface area (Å²) in [5.41, 5.74) is 11.4. The van der Waals surface area contributed by atoms with Gasteiger partial charge in [-0.2, -0.15) is 0 Å². The normalized spacial score (nSPS) is 10.4. The summed E-state index contributed by atoms with van der Waals surface area (Å²) < 4.78 is 0. The predicted molar refractivity (Wildman–Crippen MR) is 51.0 cm³/mol. The maximum atomic E-state index is 5.12. The van der Waals surface area contributed by atoms with E-state index in [2.05, 4.69) is 10.2 Å². The molecule has 12 heavy (non-hydrogen) atoms. The van der Waals surface area contributed by atoms with Crippen LogP contribution in [-0.2, 0) is 0 Å². The van der Waals surface area contributed by atoms with E-state index in [1.807, 2.05) is 18.4 Å². The topological polar surface area (TPSA) is 78.4 Å². The minimum absolute atomic E-state index is 0.0282. The molecule has 0 saturated heterocycles. The van der Waals surface area contributed by atoms with Crippen LogP contribution in [0.4, 0.5) is 0 Å². The van der Waals surface area contributed by atoms with Gasteiger partial charge in [0.15, 0.2) is 0 Å². The zero-order valence-corrected chi connectivity index (χ0v) is 7.56. The second-order valence-corrected chi connectivity index (χ2v) is 3.23. The van der Waals surface area contributed by atoms with Crippen LogP contribution in [0.5, 0.6) is 0 Å². The fraction of sp³-hybridized carbons (Fsp3) is 0.143. The third-order valence-corrected chi connectivity index (χ3v) is 2.26. The summed E-state index contributed by atoms with van der Waals surface area (Å²) in [5, 5.41) is 8.28. The highest BCUT2D eigenvalue weighted by atomic mass is 32.1. The number of hydrogen-bond donors (Lipinski definition) is 3. The van der Waals surface area contributed by atoms with E-state index < -0.39 is 0 Å². The molecule has 0 amide bonds. The van der Waals surface area contributed by atoms with Crippen LogP contribution in [-0.4, -0.2) is 12.2 Å². The largest absolute Gasteiger partial charge is 0.365 e. The molecule has 5 heteroatoms. The molecular formula is C7H11N4S+. The first-order valence-electron chi connectivity index (χ1n) is 3.41. The second kappa shape index (κ2) is 3.87. The number of hydrazone groups is 1. The SMILES string of the molecule is Cc1ccsc1/C=[NH+]\N=C(N)N. The van der Waals surface area contributed by atoms with Crippen LogP contribution in [0.2, 0.25) is 0 Å². The van der Waals surface area contributed by atoms with E-state index in [9.17, 15) is 0 Å². The zero-order valence-electron chi connectivity index (χ0n) is 6.74. The lowest BCUT2D eigenvalue weighted by molar-refractivity contribution is -0.456. The van der Waals surface area contributed by atoms with Crippen LogP contribution in [0.1, 0.15) is 10.4 Å². The number of hydrogen-bond acceptors (Lipinski definition) is 2. The van der Waals surface area contributed by atoms with Crippen molar-refractivity contribution in [1.82, 2.24) is 0 Å². The Kier molecular flexibility index (Phi) is 2.82. The summed E-state index contributed by atoms with van der Waals surface area (Å²) >= 11 is 1.63. The van der Waals surface area contributed by atoms with E-state index >= 15 is 0 Å². The van der Waals surface area contributed by atoms with Gasteiger partial charge in [0, 0.05) is 5.10 Å².